The van der Waals surface area contributed by atoms with Crippen LogP contribution in [0.25, 0.3) is 0 Å². The normalized spacial score (nSPS) is 22.9. The number of methoxy groups -OCH3 is 1. The minimum absolute atomic E-state index is 0.0629. The first-order valence-corrected chi connectivity index (χ1v) is 8.70. The number of hydrogen-bond acceptors (Lipinski definition) is 7. The molecule has 0 aliphatic carbocycles. The van der Waals surface area contributed by atoms with Crippen LogP contribution < -0.4 is 21.5 Å². The smallest absolute Gasteiger partial charge is 0.166 e. The molecule has 0 aromatic rings. The van der Waals surface area contributed by atoms with E-state index in [0.29, 0.717) is 13.2 Å². The van der Waals surface area contributed by atoms with Crippen LogP contribution in [0.15, 0.2) is 58.2 Å². The molecule has 148 valence electrons. The van der Waals surface area contributed by atoms with Crippen LogP contribution in [-0.2, 0) is 9.57 Å². The molecular formula is C18H25F2N5O2. The molecule has 0 spiro atoms. The molecule has 1 unspecified atom stereocenters. The number of allylic oxidation sites excluding steroid dienone is 3. The summed E-state index contributed by atoms with van der Waals surface area (Å²) in [6, 6.07) is -0.125. The maximum absolute atomic E-state index is 13.6. The number of nitrogens with one attached hydrogen (secondary N) is 4. The van der Waals surface area contributed by atoms with Crippen molar-refractivity contribution < 1.29 is 18.4 Å². The number of hydrogen-bond donors (Lipinski definition) is 4. The topological polar surface area (TPSA) is 69.8 Å². The van der Waals surface area contributed by atoms with Crippen LogP contribution in [-0.4, -0.2) is 51.5 Å². The van der Waals surface area contributed by atoms with Gasteiger partial charge in [-0.2, -0.15) is 0 Å². The van der Waals surface area contributed by atoms with Gasteiger partial charge in [0, 0.05) is 32.6 Å². The van der Waals surface area contributed by atoms with Crippen molar-refractivity contribution in [2.45, 2.75) is 13.0 Å². The van der Waals surface area contributed by atoms with Gasteiger partial charge < -0.3 is 20.4 Å². The molecule has 3 aliphatic heterocycles. The summed E-state index contributed by atoms with van der Waals surface area (Å²) >= 11 is 0. The van der Waals surface area contributed by atoms with Gasteiger partial charge in [-0.15, -0.1) is 0 Å². The van der Waals surface area contributed by atoms with Crippen molar-refractivity contribution in [2.24, 2.45) is 0 Å². The average Bonchev–Trinajstić information content (AvgIpc) is 2.98. The van der Waals surface area contributed by atoms with Crippen LogP contribution >= 0.6 is 0 Å². The van der Waals surface area contributed by atoms with E-state index >= 15 is 0 Å². The summed E-state index contributed by atoms with van der Waals surface area (Å²) < 4.78 is 32.4. The number of likely N-dealkylation sites (N-methyl/N-ethyl adjacent to an activating group) is 1. The summed E-state index contributed by atoms with van der Waals surface area (Å²) in [4.78, 5) is 5.31. The van der Waals surface area contributed by atoms with Gasteiger partial charge >= 0.3 is 0 Å². The lowest BCUT2D eigenvalue weighted by molar-refractivity contribution is 0.0453. The summed E-state index contributed by atoms with van der Waals surface area (Å²) in [5.41, 5.74) is 9.78. The molecule has 0 fully saturated rings. The highest BCUT2D eigenvalue weighted by Crippen LogP contribution is 2.25. The second-order valence-corrected chi connectivity index (χ2v) is 6.53. The Morgan fingerprint density at radius 2 is 2.15 bits per heavy atom. The zero-order valence-electron chi connectivity index (χ0n) is 15.7. The van der Waals surface area contributed by atoms with Gasteiger partial charge in [-0.3, -0.25) is 10.3 Å². The van der Waals surface area contributed by atoms with Crippen molar-refractivity contribution in [1.82, 2.24) is 26.5 Å². The number of ether oxygens (including phenoxy) is 1. The monoisotopic (exact) mass is 381 g/mol. The van der Waals surface area contributed by atoms with Crippen LogP contribution in [0.3, 0.4) is 0 Å². The van der Waals surface area contributed by atoms with Gasteiger partial charge in [-0.25, -0.2) is 14.2 Å². The maximum atomic E-state index is 13.6. The van der Waals surface area contributed by atoms with E-state index in [9.17, 15) is 8.78 Å². The Hall–Kier alpha value is -2.36. The molecule has 0 aromatic carbocycles. The molecule has 7 nitrogen and oxygen atoms in total. The first kappa shape index (κ1) is 19.4. The van der Waals surface area contributed by atoms with Gasteiger partial charge in [0.1, 0.15) is 11.5 Å². The Morgan fingerprint density at radius 1 is 1.33 bits per heavy atom. The third-order valence-corrected chi connectivity index (χ3v) is 4.48. The predicted octanol–water partition coefficient (Wildman–Crippen LogP) is 1.26. The van der Waals surface area contributed by atoms with Gasteiger partial charge in [0.25, 0.3) is 0 Å². The lowest BCUT2D eigenvalue weighted by Crippen LogP contribution is -2.39. The average molecular weight is 381 g/mol. The largest absolute Gasteiger partial charge is 0.382 e. The van der Waals surface area contributed by atoms with Crippen molar-refractivity contribution in [3.05, 3.63) is 58.2 Å². The van der Waals surface area contributed by atoms with Crippen LogP contribution in [0.2, 0.25) is 0 Å². The van der Waals surface area contributed by atoms with Gasteiger partial charge in [0.05, 0.1) is 31.5 Å². The fourth-order valence-electron chi connectivity index (χ4n) is 3.16. The molecule has 0 radical (unpaired) electrons. The van der Waals surface area contributed by atoms with Crippen LogP contribution in [0, 0.1) is 0 Å². The summed E-state index contributed by atoms with van der Waals surface area (Å²) in [6.45, 7) is 3.45. The molecule has 9 heteroatoms. The minimum atomic E-state index is -0.723. The molecule has 0 amide bonds. The zero-order valence-corrected chi connectivity index (χ0v) is 15.7. The number of hydrazine groups is 1. The summed E-state index contributed by atoms with van der Waals surface area (Å²) in [6.07, 6.45) is 5.21. The first-order chi connectivity index (χ1) is 13.0. The zero-order chi connectivity index (χ0) is 19.4. The third-order valence-electron chi connectivity index (χ3n) is 4.48. The highest BCUT2D eigenvalue weighted by Gasteiger charge is 2.25. The van der Waals surface area contributed by atoms with E-state index in [1.54, 1.807) is 7.11 Å². The maximum Gasteiger partial charge on any atom is 0.166 e. The van der Waals surface area contributed by atoms with Gasteiger partial charge in [0.2, 0.25) is 0 Å². The molecule has 1 atom stereocenters. The molecule has 0 aromatic heterocycles. The van der Waals surface area contributed by atoms with Crippen LogP contribution in [0.1, 0.15) is 6.92 Å². The van der Waals surface area contributed by atoms with Crippen molar-refractivity contribution in [3.63, 3.8) is 0 Å². The van der Waals surface area contributed by atoms with E-state index < -0.39 is 11.7 Å². The number of hydroxylamine groups is 1. The number of dihydropyridines is 2. The summed E-state index contributed by atoms with van der Waals surface area (Å²) in [5.74, 6) is -1.35. The molecule has 3 aliphatic rings. The molecule has 0 saturated heterocycles. The molecule has 0 bridgehead atoms. The number of nitrogens with zero attached hydrogens (tertiary/aromatic N) is 1. The third kappa shape index (κ3) is 4.49. The Labute approximate surface area is 157 Å². The summed E-state index contributed by atoms with van der Waals surface area (Å²) in [5, 5.41) is 7.76. The van der Waals surface area contributed by atoms with Crippen molar-refractivity contribution in [2.75, 3.05) is 40.5 Å². The Morgan fingerprint density at radius 3 is 2.85 bits per heavy atom. The van der Waals surface area contributed by atoms with E-state index in [0.717, 1.165) is 23.2 Å². The fourth-order valence-corrected chi connectivity index (χ4v) is 3.16. The second kappa shape index (κ2) is 8.55. The number of halogens is 2. The SMILES string of the molecule is COCC1=CC(C)=C(C2=CC(CONC3=C(F)CNC=C3F)NN2C)CN1. The summed E-state index contributed by atoms with van der Waals surface area (Å²) in [7, 11) is 3.59. The molecule has 27 heavy (non-hydrogen) atoms. The standard InChI is InChI=1S/C18H25F2N5O2/c1-11-4-12(9-26-3)22-6-14(11)17-5-13(23-25(17)2)10-27-24-18-15(19)7-21-8-16(18)20/h4-5,7,13,21-24H,6,8-10H2,1-3H3. The Bertz CT molecular complexity index is 742. The van der Waals surface area contributed by atoms with E-state index in [-0.39, 0.29) is 24.9 Å². The van der Waals surface area contributed by atoms with E-state index in [2.05, 4.69) is 34.5 Å². The Kier molecular flexibility index (Phi) is 6.15. The van der Waals surface area contributed by atoms with Crippen molar-refractivity contribution in [1.29, 1.82) is 0 Å². The van der Waals surface area contributed by atoms with Crippen molar-refractivity contribution >= 4 is 0 Å². The van der Waals surface area contributed by atoms with Crippen LogP contribution in [0.4, 0.5) is 8.78 Å². The quantitative estimate of drug-likeness (QED) is 0.495. The van der Waals surface area contributed by atoms with Gasteiger partial charge in [0.15, 0.2) is 5.83 Å². The van der Waals surface area contributed by atoms with Crippen LogP contribution in [0.5, 0.6) is 0 Å². The minimum Gasteiger partial charge on any atom is -0.382 e. The van der Waals surface area contributed by atoms with Crippen molar-refractivity contribution in [3.8, 4) is 0 Å². The molecule has 4 N–H and O–H groups in total. The Balaban J connectivity index is 1.61. The number of rotatable bonds is 7. The second-order valence-electron chi connectivity index (χ2n) is 6.53. The van der Waals surface area contributed by atoms with E-state index in [4.69, 9.17) is 9.57 Å². The van der Waals surface area contributed by atoms with E-state index in [1.165, 1.54) is 5.57 Å². The lowest BCUT2D eigenvalue weighted by Gasteiger charge is -2.25. The molecular weight excluding hydrogens is 356 g/mol. The highest BCUT2D eigenvalue weighted by molar-refractivity contribution is 5.45. The highest BCUT2D eigenvalue weighted by atomic mass is 19.1. The van der Waals surface area contributed by atoms with E-state index in [1.807, 2.05) is 18.1 Å². The molecule has 3 heterocycles. The molecule has 3 rings (SSSR count). The van der Waals surface area contributed by atoms with Gasteiger partial charge in [-0.05, 0) is 30.2 Å². The predicted molar refractivity (Wildman–Crippen MR) is 97.8 cm³/mol. The first-order valence-electron chi connectivity index (χ1n) is 8.70. The lowest BCUT2D eigenvalue weighted by atomic mass is 10.0. The molecule has 0 saturated carbocycles. The fraction of sp³-hybridized carbons (Fsp3) is 0.444. The van der Waals surface area contributed by atoms with Gasteiger partial charge in [-0.1, -0.05) is 0 Å².